The van der Waals surface area contributed by atoms with E-state index in [0.717, 1.165) is 37.4 Å². The van der Waals surface area contributed by atoms with E-state index < -0.39 is 34.6 Å². The predicted octanol–water partition coefficient (Wildman–Crippen LogP) is 7.11. The van der Waals surface area contributed by atoms with Crippen molar-refractivity contribution in [3.63, 3.8) is 0 Å². The Morgan fingerprint density at radius 1 is 0.769 bits per heavy atom. The van der Waals surface area contributed by atoms with Gasteiger partial charge in [0.05, 0.1) is 5.56 Å². The third-order valence-electron chi connectivity index (χ3n) is 5.17. The minimum atomic E-state index is -1.66. The summed E-state index contributed by atoms with van der Waals surface area (Å²) < 4.78 is 68.9. The van der Waals surface area contributed by atoms with Crippen LogP contribution in [0, 0.1) is 35.0 Å². The van der Waals surface area contributed by atoms with Gasteiger partial charge < -0.3 is 0 Å². The molecule has 0 unspecified atom stereocenters. The van der Waals surface area contributed by atoms with Crippen molar-refractivity contribution in [2.24, 2.45) is 5.92 Å². The van der Waals surface area contributed by atoms with Gasteiger partial charge in [-0.3, -0.25) is 0 Å². The summed E-state index contributed by atoms with van der Waals surface area (Å²) in [6.45, 7) is 0. The average Bonchev–Trinajstić information content (AvgIpc) is 2.60. The van der Waals surface area contributed by atoms with Crippen LogP contribution in [0.15, 0.2) is 24.3 Å². The summed E-state index contributed by atoms with van der Waals surface area (Å²) in [6, 6.07) is 3.66. The summed E-state index contributed by atoms with van der Waals surface area (Å²) in [4.78, 5) is 0. The van der Waals surface area contributed by atoms with E-state index >= 15 is 0 Å². The van der Waals surface area contributed by atoms with Crippen molar-refractivity contribution in [3.05, 3.63) is 58.9 Å². The van der Waals surface area contributed by atoms with Gasteiger partial charge in [-0.05, 0) is 79.3 Å². The van der Waals surface area contributed by atoms with Gasteiger partial charge in [0.25, 0.3) is 0 Å². The molecule has 1 aliphatic carbocycles. The molecule has 0 amide bonds. The molecular weight excluding hydrogens is 415 g/mol. The fourth-order valence-electron chi connectivity index (χ4n) is 3.74. The first-order valence-corrected chi connectivity index (χ1v) is 9.72. The lowest BCUT2D eigenvalue weighted by atomic mass is 9.77. The summed E-state index contributed by atoms with van der Waals surface area (Å²) in [5, 5.41) is 0.949. The van der Waals surface area contributed by atoms with Gasteiger partial charge in [0.15, 0.2) is 17.5 Å². The molecule has 0 aromatic heterocycles. The van der Waals surface area contributed by atoms with E-state index in [-0.39, 0.29) is 11.5 Å². The Labute approximate surface area is 157 Å². The van der Waals surface area contributed by atoms with Gasteiger partial charge in [-0.2, -0.15) is 0 Å². The molecule has 1 saturated carbocycles. The van der Waals surface area contributed by atoms with E-state index in [1.165, 1.54) is 12.1 Å². The molecular formula is C20H18BrF5. The molecule has 2 aromatic rings. The van der Waals surface area contributed by atoms with Crippen LogP contribution in [0.25, 0.3) is 11.1 Å². The molecule has 140 valence electrons. The minimum Gasteiger partial charge on any atom is -0.206 e. The Morgan fingerprint density at radius 2 is 1.31 bits per heavy atom. The van der Waals surface area contributed by atoms with Gasteiger partial charge in [-0.25, -0.2) is 22.0 Å². The number of alkyl halides is 1. The number of rotatable bonds is 4. The Hall–Kier alpha value is -1.43. The van der Waals surface area contributed by atoms with Crippen LogP contribution in [-0.2, 0) is 0 Å². The molecule has 0 radical (unpaired) electrons. The minimum absolute atomic E-state index is 0.0707. The molecule has 0 bridgehead atoms. The average molecular weight is 433 g/mol. The van der Waals surface area contributed by atoms with E-state index in [0.29, 0.717) is 23.6 Å². The zero-order valence-electron chi connectivity index (χ0n) is 14.0. The summed E-state index contributed by atoms with van der Waals surface area (Å²) in [6.07, 6.45) is 4.83. The maximum atomic E-state index is 14.5. The van der Waals surface area contributed by atoms with Crippen LogP contribution in [0.3, 0.4) is 0 Å². The van der Waals surface area contributed by atoms with Crippen LogP contribution in [-0.4, -0.2) is 5.33 Å². The van der Waals surface area contributed by atoms with Gasteiger partial charge in [0, 0.05) is 5.33 Å². The molecule has 0 N–H and O–H groups in total. The highest BCUT2D eigenvalue weighted by molar-refractivity contribution is 9.09. The van der Waals surface area contributed by atoms with Gasteiger partial charge in [0.2, 0.25) is 0 Å². The standard InChI is InChI=1S/C20H18BrF5/c21-6-5-11-1-3-12(4-2-11)13-7-15(22)19(16(23)8-13)14-9-17(24)20(26)18(25)10-14/h7-12H,1-6H2/t11-,12-. The Morgan fingerprint density at radius 3 is 1.81 bits per heavy atom. The van der Waals surface area contributed by atoms with Gasteiger partial charge >= 0.3 is 0 Å². The van der Waals surface area contributed by atoms with Crippen LogP contribution in [0.5, 0.6) is 0 Å². The monoisotopic (exact) mass is 432 g/mol. The quantitative estimate of drug-likeness (QED) is 0.274. The van der Waals surface area contributed by atoms with Crippen LogP contribution in [0.1, 0.15) is 43.6 Å². The highest BCUT2D eigenvalue weighted by atomic mass is 79.9. The lowest BCUT2D eigenvalue weighted by molar-refractivity contribution is 0.320. The highest BCUT2D eigenvalue weighted by Crippen LogP contribution is 2.39. The Bertz CT molecular complexity index is 751. The Kier molecular flexibility index (Phi) is 6.00. The second kappa shape index (κ2) is 8.07. The molecule has 0 saturated heterocycles. The van der Waals surface area contributed by atoms with Crippen LogP contribution in [0.2, 0.25) is 0 Å². The first-order chi connectivity index (χ1) is 12.4. The van der Waals surface area contributed by atoms with E-state index in [1.54, 1.807) is 0 Å². The van der Waals surface area contributed by atoms with Crippen molar-refractivity contribution in [1.29, 1.82) is 0 Å². The normalized spacial score (nSPS) is 20.4. The lowest BCUT2D eigenvalue weighted by Gasteiger charge is -2.28. The lowest BCUT2D eigenvalue weighted by Crippen LogP contribution is -2.14. The zero-order valence-corrected chi connectivity index (χ0v) is 15.6. The SMILES string of the molecule is Fc1cc(-c2c(F)cc([C@H]3CC[C@H](CCBr)CC3)cc2F)cc(F)c1F. The van der Waals surface area contributed by atoms with Crippen molar-refractivity contribution >= 4 is 15.9 Å². The zero-order chi connectivity index (χ0) is 18.8. The molecule has 0 atom stereocenters. The van der Waals surface area contributed by atoms with Crippen LogP contribution in [0.4, 0.5) is 22.0 Å². The summed E-state index contributed by atoms with van der Waals surface area (Å²) >= 11 is 3.43. The van der Waals surface area contributed by atoms with Crippen LogP contribution >= 0.6 is 15.9 Å². The molecule has 2 aromatic carbocycles. The molecule has 1 fully saturated rings. The Balaban J connectivity index is 1.88. The second-order valence-electron chi connectivity index (χ2n) is 6.81. The van der Waals surface area contributed by atoms with Crippen LogP contribution < -0.4 is 0 Å². The number of benzene rings is 2. The summed E-state index contributed by atoms with van der Waals surface area (Å²) in [5.74, 6) is -5.71. The molecule has 0 aliphatic heterocycles. The molecule has 6 heteroatoms. The predicted molar refractivity (Wildman–Crippen MR) is 94.8 cm³/mol. The third kappa shape index (κ3) is 3.95. The largest absolute Gasteiger partial charge is 0.206 e. The van der Waals surface area contributed by atoms with E-state index in [9.17, 15) is 22.0 Å². The van der Waals surface area contributed by atoms with Crippen molar-refractivity contribution < 1.29 is 22.0 Å². The van der Waals surface area contributed by atoms with Crippen molar-refractivity contribution in [2.75, 3.05) is 5.33 Å². The smallest absolute Gasteiger partial charge is 0.194 e. The fourth-order valence-corrected chi connectivity index (χ4v) is 4.39. The van der Waals surface area contributed by atoms with Gasteiger partial charge in [-0.1, -0.05) is 15.9 Å². The first-order valence-electron chi connectivity index (χ1n) is 8.60. The molecule has 0 heterocycles. The highest BCUT2D eigenvalue weighted by Gasteiger charge is 2.25. The van der Waals surface area contributed by atoms with Crippen molar-refractivity contribution in [1.82, 2.24) is 0 Å². The molecule has 0 nitrogen and oxygen atoms in total. The number of hydrogen-bond donors (Lipinski definition) is 0. The van der Waals surface area contributed by atoms with Gasteiger partial charge in [-0.15, -0.1) is 0 Å². The summed E-state index contributed by atoms with van der Waals surface area (Å²) in [5.41, 5.74) is -0.340. The maximum absolute atomic E-state index is 14.5. The van der Waals surface area contributed by atoms with Crippen molar-refractivity contribution in [2.45, 2.75) is 38.0 Å². The van der Waals surface area contributed by atoms with Crippen molar-refractivity contribution in [3.8, 4) is 11.1 Å². The maximum Gasteiger partial charge on any atom is 0.194 e. The van der Waals surface area contributed by atoms with E-state index in [4.69, 9.17) is 0 Å². The molecule has 26 heavy (non-hydrogen) atoms. The number of halogens is 6. The third-order valence-corrected chi connectivity index (χ3v) is 5.63. The second-order valence-corrected chi connectivity index (χ2v) is 7.60. The van der Waals surface area contributed by atoms with E-state index in [2.05, 4.69) is 15.9 Å². The fraction of sp³-hybridized carbons (Fsp3) is 0.400. The molecule has 1 aliphatic rings. The topological polar surface area (TPSA) is 0 Å². The first kappa shape index (κ1) is 19.3. The number of hydrogen-bond acceptors (Lipinski definition) is 0. The van der Waals surface area contributed by atoms with Gasteiger partial charge in [0.1, 0.15) is 11.6 Å². The van der Waals surface area contributed by atoms with E-state index in [1.807, 2.05) is 0 Å². The molecule has 0 spiro atoms. The molecule has 3 rings (SSSR count). The summed E-state index contributed by atoms with van der Waals surface area (Å²) in [7, 11) is 0.